The van der Waals surface area contributed by atoms with Crippen molar-refractivity contribution in [2.45, 2.75) is 6.54 Å². The minimum atomic E-state index is -0.212. The molecule has 0 bridgehead atoms. The maximum absolute atomic E-state index is 12.6. The fourth-order valence-corrected chi connectivity index (χ4v) is 2.62. The van der Waals surface area contributed by atoms with Crippen molar-refractivity contribution < 1.29 is 10.0 Å². The highest BCUT2D eigenvalue weighted by Gasteiger charge is 2.16. The van der Waals surface area contributed by atoms with Crippen molar-refractivity contribution in [3.8, 4) is 0 Å². The lowest BCUT2D eigenvalue weighted by molar-refractivity contribution is 0.0950. The molecule has 0 spiro atoms. The minimum Gasteiger partial charge on any atom is -0.410 e. The summed E-state index contributed by atoms with van der Waals surface area (Å²) in [6, 6.07) is 26.1. The molecule has 0 saturated carbocycles. The molecule has 1 amide bonds. The van der Waals surface area contributed by atoms with Crippen molar-refractivity contribution in [2.75, 3.05) is 0 Å². The number of benzene rings is 3. The first-order valence-electron chi connectivity index (χ1n) is 7.98. The van der Waals surface area contributed by atoms with Crippen LogP contribution in [0.4, 0.5) is 0 Å². The van der Waals surface area contributed by atoms with Crippen LogP contribution in [0.25, 0.3) is 0 Å². The molecule has 3 aromatic rings. The van der Waals surface area contributed by atoms with Crippen LogP contribution in [-0.4, -0.2) is 16.8 Å². The van der Waals surface area contributed by atoms with Crippen molar-refractivity contribution in [1.82, 2.24) is 5.32 Å². The van der Waals surface area contributed by atoms with E-state index in [4.69, 9.17) is 0 Å². The number of hydrogen-bond acceptors (Lipinski definition) is 3. The number of carbonyl (C=O) groups is 1. The molecule has 0 fully saturated rings. The molecule has 0 unspecified atom stereocenters. The van der Waals surface area contributed by atoms with Crippen molar-refractivity contribution in [3.63, 3.8) is 0 Å². The lowest BCUT2D eigenvalue weighted by atomic mass is 9.97. The summed E-state index contributed by atoms with van der Waals surface area (Å²) in [4.78, 5) is 12.6. The van der Waals surface area contributed by atoms with Crippen molar-refractivity contribution in [2.24, 2.45) is 5.16 Å². The van der Waals surface area contributed by atoms with E-state index in [2.05, 4.69) is 10.5 Å². The average Bonchev–Trinajstić information content (AvgIpc) is 2.69. The lowest BCUT2D eigenvalue weighted by Crippen LogP contribution is -2.25. The fraction of sp³-hybridized carbons (Fsp3) is 0.0476. The van der Waals surface area contributed by atoms with Crippen LogP contribution in [0.5, 0.6) is 0 Å². The van der Waals surface area contributed by atoms with E-state index in [1.54, 1.807) is 18.2 Å². The highest BCUT2D eigenvalue weighted by atomic mass is 16.4. The predicted octanol–water partition coefficient (Wildman–Crippen LogP) is 3.84. The summed E-state index contributed by atoms with van der Waals surface area (Å²) in [6.07, 6.45) is 0. The Balaban J connectivity index is 1.86. The van der Waals surface area contributed by atoms with Crippen LogP contribution in [-0.2, 0) is 6.54 Å². The topological polar surface area (TPSA) is 61.7 Å². The Labute approximate surface area is 146 Å². The number of nitrogens with one attached hydrogen (secondary N) is 1. The van der Waals surface area contributed by atoms with E-state index < -0.39 is 0 Å². The molecule has 4 heteroatoms. The molecular formula is C21H18N2O2. The van der Waals surface area contributed by atoms with E-state index in [1.165, 1.54) is 0 Å². The zero-order valence-electron chi connectivity index (χ0n) is 13.6. The van der Waals surface area contributed by atoms with Crippen molar-refractivity contribution in [1.29, 1.82) is 0 Å². The first kappa shape index (κ1) is 16.5. The van der Waals surface area contributed by atoms with E-state index >= 15 is 0 Å². The van der Waals surface area contributed by atoms with E-state index in [-0.39, 0.29) is 5.91 Å². The van der Waals surface area contributed by atoms with Gasteiger partial charge in [0.05, 0.1) is 0 Å². The van der Waals surface area contributed by atoms with Gasteiger partial charge >= 0.3 is 0 Å². The zero-order valence-corrected chi connectivity index (χ0v) is 13.6. The molecule has 25 heavy (non-hydrogen) atoms. The van der Waals surface area contributed by atoms with E-state index in [0.29, 0.717) is 23.4 Å². The number of carbonyl (C=O) groups excluding carboxylic acids is 1. The monoisotopic (exact) mass is 330 g/mol. The van der Waals surface area contributed by atoms with Crippen molar-refractivity contribution >= 4 is 11.6 Å². The molecule has 2 N–H and O–H groups in total. The van der Waals surface area contributed by atoms with Gasteiger partial charge in [-0.05, 0) is 11.6 Å². The van der Waals surface area contributed by atoms with E-state index in [1.807, 2.05) is 66.7 Å². The molecule has 0 atom stereocenters. The van der Waals surface area contributed by atoms with Crippen LogP contribution in [0.15, 0.2) is 90.1 Å². The number of hydrogen-bond donors (Lipinski definition) is 2. The number of rotatable bonds is 5. The number of oxime groups is 1. The summed E-state index contributed by atoms with van der Waals surface area (Å²) < 4.78 is 0. The van der Waals surface area contributed by atoms with Gasteiger partial charge in [-0.3, -0.25) is 4.79 Å². The predicted molar refractivity (Wildman–Crippen MR) is 97.9 cm³/mol. The standard InChI is InChI=1S/C21H18N2O2/c24-21(22-15-16-9-3-1-4-10-16)19-14-8-7-13-18(19)20(23-25)17-11-5-2-6-12-17/h1-14,25H,15H2,(H,22,24). The minimum absolute atomic E-state index is 0.212. The third-order valence-corrected chi connectivity index (χ3v) is 3.87. The third-order valence-electron chi connectivity index (χ3n) is 3.87. The van der Waals surface area contributed by atoms with Gasteiger partial charge in [-0.1, -0.05) is 84.0 Å². The van der Waals surface area contributed by atoms with Crippen molar-refractivity contribution in [3.05, 3.63) is 107 Å². The van der Waals surface area contributed by atoms with Gasteiger partial charge in [-0.2, -0.15) is 0 Å². The van der Waals surface area contributed by atoms with Gasteiger partial charge in [0.2, 0.25) is 0 Å². The maximum Gasteiger partial charge on any atom is 0.252 e. The SMILES string of the molecule is O=C(NCc1ccccc1)c1ccccc1C(=NO)c1ccccc1. The smallest absolute Gasteiger partial charge is 0.252 e. The second kappa shape index (κ2) is 7.93. The molecule has 0 aliphatic carbocycles. The van der Waals surface area contributed by atoms with Crippen LogP contribution in [0, 0.1) is 0 Å². The van der Waals surface area contributed by atoms with Gasteiger partial charge in [0, 0.05) is 23.2 Å². The van der Waals surface area contributed by atoms with E-state index in [9.17, 15) is 10.0 Å². The maximum atomic E-state index is 12.6. The molecule has 0 aliphatic rings. The van der Waals surface area contributed by atoms with Gasteiger partial charge in [0.1, 0.15) is 5.71 Å². The Morgan fingerprint density at radius 1 is 0.800 bits per heavy atom. The van der Waals surface area contributed by atoms with Crippen LogP contribution in [0.2, 0.25) is 0 Å². The van der Waals surface area contributed by atoms with E-state index in [0.717, 1.165) is 11.1 Å². The molecule has 0 heterocycles. The van der Waals surface area contributed by atoms with Gasteiger partial charge in [-0.15, -0.1) is 0 Å². The highest BCUT2D eigenvalue weighted by Crippen LogP contribution is 2.16. The molecule has 3 aromatic carbocycles. The van der Waals surface area contributed by atoms with Gasteiger partial charge in [0.25, 0.3) is 5.91 Å². The molecule has 0 aromatic heterocycles. The summed E-state index contributed by atoms with van der Waals surface area (Å²) >= 11 is 0. The first-order chi connectivity index (χ1) is 12.3. The summed E-state index contributed by atoms with van der Waals surface area (Å²) in [5.41, 5.74) is 3.18. The summed E-state index contributed by atoms with van der Waals surface area (Å²) in [7, 11) is 0. The summed E-state index contributed by atoms with van der Waals surface area (Å²) in [5, 5.41) is 15.8. The Hall–Kier alpha value is -3.40. The highest BCUT2D eigenvalue weighted by molar-refractivity contribution is 6.17. The Bertz CT molecular complexity index is 875. The fourth-order valence-electron chi connectivity index (χ4n) is 2.62. The summed E-state index contributed by atoms with van der Waals surface area (Å²) in [6.45, 7) is 0.435. The van der Waals surface area contributed by atoms with Crippen LogP contribution >= 0.6 is 0 Å². The molecule has 3 rings (SSSR count). The molecule has 0 radical (unpaired) electrons. The molecule has 0 aliphatic heterocycles. The number of amides is 1. The molecular weight excluding hydrogens is 312 g/mol. The second-order valence-corrected chi connectivity index (χ2v) is 5.53. The van der Waals surface area contributed by atoms with Crippen LogP contribution in [0.1, 0.15) is 27.0 Å². The second-order valence-electron chi connectivity index (χ2n) is 5.53. The molecule has 4 nitrogen and oxygen atoms in total. The molecule has 0 saturated heterocycles. The van der Waals surface area contributed by atoms with Crippen LogP contribution < -0.4 is 5.32 Å². The van der Waals surface area contributed by atoms with Gasteiger partial charge in [0.15, 0.2) is 0 Å². The Morgan fingerprint density at radius 2 is 1.36 bits per heavy atom. The number of nitrogens with zero attached hydrogens (tertiary/aromatic N) is 1. The van der Waals surface area contributed by atoms with Gasteiger partial charge < -0.3 is 10.5 Å². The quantitative estimate of drug-likeness (QED) is 0.424. The Morgan fingerprint density at radius 3 is 2.00 bits per heavy atom. The third kappa shape index (κ3) is 3.93. The molecule has 124 valence electrons. The van der Waals surface area contributed by atoms with Gasteiger partial charge in [-0.25, -0.2) is 0 Å². The largest absolute Gasteiger partial charge is 0.410 e. The first-order valence-corrected chi connectivity index (χ1v) is 7.98. The average molecular weight is 330 g/mol. The van der Waals surface area contributed by atoms with Crippen LogP contribution in [0.3, 0.4) is 0 Å². The Kier molecular flexibility index (Phi) is 5.22. The zero-order chi connectivity index (χ0) is 17.5. The lowest BCUT2D eigenvalue weighted by Gasteiger charge is -2.11. The normalized spacial score (nSPS) is 11.1. The summed E-state index contributed by atoms with van der Waals surface area (Å²) in [5.74, 6) is -0.212.